The molecule has 1 aliphatic carbocycles. The predicted octanol–water partition coefficient (Wildman–Crippen LogP) is 3.15. The average molecular weight is 319 g/mol. The second kappa shape index (κ2) is 5.25. The second-order valence-electron chi connectivity index (χ2n) is 4.89. The minimum Gasteiger partial charge on any atom is -0.355 e. The lowest BCUT2D eigenvalue weighted by molar-refractivity contribution is 0.847. The fourth-order valence-electron chi connectivity index (χ4n) is 1.99. The molecule has 0 aliphatic heterocycles. The van der Waals surface area contributed by atoms with Crippen LogP contribution in [0.1, 0.15) is 30.1 Å². The van der Waals surface area contributed by atoms with E-state index in [-0.39, 0.29) is 0 Å². The highest BCUT2D eigenvalue weighted by molar-refractivity contribution is 9.10. The Morgan fingerprint density at radius 1 is 1.26 bits per heavy atom. The van der Waals surface area contributed by atoms with E-state index in [1.165, 1.54) is 18.4 Å². The van der Waals surface area contributed by atoms with E-state index in [0.29, 0.717) is 5.92 Å². The Hall–Kier alpha value is -1.49. The van der Waals surface area contributed by atoms with Crippen molar-refractivity contribution >= 4 is 21.7 Å². The number of anilines is 1. The number of aromatic nitrogens is 3. The highest BCUT2D eigenvalue weighted by Gasteiger charge is 2.27. The quantitative estimate of drug-likeness (QED) is 0.812. The number of pyridine rings is 1. The molecule has 0 saturated heterocycles. The van der Waals surface area contributed by atoms with Gasteiger partial charge in [0.2, 0.25) is 0 Å². The molecule has 98 valence electrons. The molecule has 0 spiro atoms. The molecule has 0 aromatic carbocycles. The minimum absolute atomic E-state index is 0.561. The first-order valence-corrected chi connectivity index (χ1v) is 7.16. The third kappa shape index (κ3) is 3.10. The van der Waals surface area contributed by atoms with Gasteiger partial charge < -0.3 is 4.90 Å². The van der Waals surface area contributed by atoms with Gasteiger partial charge in [-0.05, 0) is 46.5 Å². The van der Waals surface area contributed by atoms with E-state index < -0.39 is 0 Å². The lowest BCUT2D eigenvalue weighted by Gasteiger charge is -2.19. The molecule has 1 saturated carbocycles. The summed E-state index contributed by atoms with van der Waals surface area (Å²) in [7, 11) is 2.05. The van der Waals surface area contributed by atoms with Gasteiger partial charge in [0.15, 0.2) is 0 Å². The molecular weight excluding hydrogens is 304 g/mol. The second-order valence-corrected chi connectivity index (χ2v) is 5.71. The van der Waals surface area contributed by atoms with E-state index in [4.69, 9.17) is 0 Å². The maximum Gasteiger partial charge on any atom is 0.135 e. The summed E-state index contributed by atoms with van der Waals surface area (Å²) in [5.74, 6) is 2.48. The van der Waals surface area contributed by atoms with E-state index in [1.807, 2.05) is 37.6 Å². The van der Waals surface area contributed by atoms with Gasteiger partial charge in [0.25, 0.3) is 0 Å². The van der Waals surface area contributed by atoms with E-state index in [9.17, 15) is 0 Å². The van der Waals surface area contributed by atoms with Crippen LogP contribution in [-0.2, 0) is 6.54 Å². The smallest absolute Gasteiger partial charge is 0.135 e. The summed E-state index contributed by atoms with van der Waals surface area (Å²) in [6.45, 7) is 0.816. The minimum atomic E-state index is 0.561. The zero-order valence-corrected chi connectivity index (χ0v) is 12.3. The Balaban J connectivity index is 1.81. The highest BCUT2D eigenvalue weighted by atomic mass is 79.9. The van der Waals surface area contributed by atoms with Gasteiger partial charge >= 0.3 is 0 Å². The van der Waals surface area contributed by atoms with Crippen LogP contribution in [0, 0.1) is 0 Å². The molecule has 0 amide bonds. The van der Waals surface area contributed by atoms with Crippen molar-refractivity contribution in [3.63, 3.8) is 0 Å². The van der Waals surface area contributed by atoms with E-state index in [1.54, 1.807) is 0 Å². The van der Waals surface area contributed by atoms with Crippen LogP contribution in [0.3, 0.4) is 0 Å². The van der Waals surface area contributed by atoms with E-state index >= 15 is 0 Å². The summed E-state index contributed by atoms with van der Waals surface area (Å²) in [6.07, 6.45) is 6.05. The van der Waals surface area contributed by atoms with Gasteiger partial charge in [0.1, 0.15) is 16.2 Å². The van der Waals surface area contributed by atoms with Crippen molar-refractivity contribution in [2.75, 3.05) is 11.9 Å². The van der Waals surface area contributed by atoms with Gasteiger partial charge in [0, 0.05) is 38.0 Å². The number of rotatable bonds is 4. The molecule has 1 fully saturated rings. The van der Waals surface area contributed by atoms with Crippen LogP contribution in [0.25, 0.3) is 0 Å². The molecule has 5 heteroatoms. The maximum atomic E-state index is 4.66. The summed E-state index contributed by atoms with van der Waals surface area (Å²) in [6, 6.07) is 6.01. The lowest BCUT2D eigenvalue weighted by atomic mass is 10.2. The van der Waals surface area contributed by atoms with Gasteiger partial charge in [-0.1, -0.05) is 0 Å². The fraction of sp³-hybridized carbons (Fsp3) is 0.357. The van der Waals surface area contributed by atoms with Crippen molar-refractivity contribution < 1.29 is 0 Å². The third-order valence-electron chi connectivity index (χ3n) is 3.20. The molecule has 1 aliphatic rings. The van der Waals surface area contributed by atoms with Gasteiger partial charge in [-0.2, -0.15) is 0 Å². The molecule has 0 atom stereocenters. The zero-order valence-electron chi connectivity index (χ0n) is 10.8. The maximum absolute atomic E-state index is 4.66. The number of hydrogen-bond acceptors (Lipinski definition) is 4. The van der Waals surface area contributed by atoms with Gasteiger partial charge in [-0.25, -0.2) is 9.97 Å². The molecule has 4 nitrogen and oxygen atoms in total. The molecule has 0 unspecified atom stereocenters. The van der Waals surface area contributed by atoms with Crippen LogP contribution >= 0.6 is 15.9 Å². The monoisotopic (exact) mass is 318 g/mol. The molecule has 2 aromatic rings. The van der Waals surface area contributed by atoms with Crippen molar-refractivity contribution in [2.24, 2.45) is 0 Å². The number of hydrogen-bond donors (Lipinski definition) is 0. The van der Waals surface area contributed by atoms with E-state index in [2.05, 4.69) is 35.8 Å². The normalized spacial score (nSPS) is 14.4. The Morgan fingerprint density at radius 3 is 2.68 bits per heavy atom. The summed E-state index contributed by atoms with van der Waals surface area (Å²) < 4.78 is 0.862. The van der Waals surface area contributed by atoms with Crippen LogP contribution in [0.4, 0.5) is 5.82 Å². The van der Waals surface area contributed by atoms with Crippen molar-refractivity contribution in [1.82, 2.24) is 15.0 Å². The average Bonchev–Trinajstić information content (AvgIpc) is 3.23. The van der Waals surface area contributed by atoms with Crippen LogP contribution < -0.4 is 4.90 Å². The molecule has 0 radical (unpaired) electrons. The standard InChI is InChI=1S/C14H15BrN4/c1-19(9-10-4-6-16-7-5-10)13-8-12(15)17-14(18-13)11-2-3-11/h4-8,11H,2-3,9H2,1H3. The van der Waals surface area contributed by atoms with Crippen molar-refractivity contribution in [3.8, 4) is 0 Å². The Labute approximate surface area is 121 Å². The largest absolute Gasteiger partial charge is 0.355 e. The first-order chi connectivity index (χ1) is 9.22. The lowest BCUT2D eigenvalue weighted by Crippen LogP contribution is -2.18. The Kier molecular flexibility index (Phi) is 3.46. The third-order valence-corrected chi connectivity index (χ3v) is 3.61. The number of halogens is 1. The van der Waals surface area contributed by atoms with Gasteiger partial charge in [-0.3, -0.25) is 4.98 Å². The summed E-state index contributed by atoms with van der Waals surface area (Å²) in [4.78, 5) is 15.3. The fourth-order valence-corrected chi connectivity index (χ4v) is 2.37. The molecule has 2 heterocycles. The number of nitrogens with zero attached hydrogens (tertiary/aromatic N) is 4. The van der Waals surface area contributed by atoms with Crippen molar-refractivity contribution in [1.29, 1.82) is 0 Å². The summed E-state index contributed by atoms with van der Waals surface area (Å²) in [5, 5.41) is 0. The highest BCUT2D eigenvalue weighted by Crippen LogP contribution is 2.39. The zero-order chi connectivity index (χ0) is 13.2. The van der Waals surface area contributed by atoms with Crippen LogP contribution in [0.2, 0.25) is 0 Å². The SMILES string of the molecule is CN(Cc1ccncc1)c1cc(Br)nc(C2CC2)n1. The molecule has 19 heavy (non-hydrogen) atoms. The van der Waals surface area contributed by atoms with Crippen LogP contribution in [0.15, 0.2) is 35.2 Å². The first kappa shape index (κ1) is 12.5. The molecule has 2 aromatic heterocycles. The Morgan fingerprint density at radius 2 is 2.00 bits per heavy atom. The van der Waals surface area contributed by atoms with Crippen molar-refractivity contribution in [3.05, 3.63) is 46.6 Å². The molecule has 0 N–H and O–H groups in total. The first-order valence-electron chi connectivity index (χ1n) is 6.37. The van der Waals surface area contributed by atoms with E-state index in [0.717, 1.165) is 22.8 Å². The summed E-state index contributed by atoms with van der Waals surface area (Å²) in [5.41, 5.74) is 1.22. The molecule has 3 rings (SSSR count). The van der Waals surface area contributed by atoms with Crippen LogP contribution in [0.5, 0.6) is 0 Å². The van der Waals surface area contributed by atoms with Gasteiger partial charge in [0.05, 0.1) is 0 Å². The van der Waals surface area contributed by atoms with Crippen LogP contribution in [-0.4, -0.2) is 22.0 Å². The molecular formula is C14H15BrN4. The Bertz CT molecular complexity index is 569. The van der Waals surface area contributed by atoms with Crippen molar-refractivity contribution in [2.45, 2.75) is 25.3 Å². The van der Waals surface area contributed by atoms with Gasteiger partial charge in [-0.15, -0.1) is 0 Å². The predicted molar refractivity (Wildman–Crippen MR) is 78.1 cm³/mol. The molecule has 0 bridgehead atoms. The topological polar surface area (TPSA) is 41.9 Å². The summed E-state index contributed by atoms with van der Waals surface area (Å²) >= 11 is 3.48.